The van der Waals surface area contributed by atoms with Crippen LogP contribution in [0.25, 0.3) is 0 Å². The Morgan fingerprint density at radius 2 is 2.00 bits per heavy atom. The molecule has 2 rings (SSSR count). The third-order valence-corrected chi connectivity index (χ3v) is 3.61. The van der Waals surface area contributed by atoms with Crippen LogP contribution in [0.3, 0.4) is 0 Å². The zero-order valence-corrected chi connectivity index (χ0v) is 9.17. The highest BCUT2D eigenvalue weighted by molar-refractivity contribution is 5.97. The lowest BCUT2D eigenvalue weighted by Gasteiger charge is -2.23. The van der Waals surface area contributed by atoms with E-state index in [9.17, 15) is 4.79 Å². The summed E-state index contributed by atoms with van der Waals surface area (Å²) >= 11 is 0. The molecule has 1 atom stereocenters. The maximum Gasteiger partial charge on any atom is 0.246 e. The zero-order valence-electron chi connectivity index (χ0n) is 9.17. The third-order valence-electron chi connectivity index (χ3n) is 3.61. The first-order valence-electron chi connectivity index (χ1n) is 6.16. The van der Waals surface area contributed by atoms with Crippen LogP contribution in [0.4, 0.5) is 0 Å². The van der Waals surface area contributed by atoms with Gasteiger partial charge in [-0.2, -0.15) is 0 Å². The second-order valence-electron chi connectivity index (χ2n) is 4.70. The molecule has 0 N–H and O–H groups in total. The van der Waals surface area contributed by atoms with Gasteiger partial charge in [-0.25, -0.2) is 0 Å². The smallest absolute Gasteiger partial charge is 0.246 e. The Hall–Kier alpha value is -0.530. The Balaban J connectivity index is 1.78. The molecule has 0 spiro atoms. The Morgan fingerprint density at radius 1 is 1.29 bits per heavy atom. The first-order chi connectivity index (χ1) is 6.84. The number of amides is 1. The molecule has 0 bridgehead atoms. The molecule has 1 amide bonds. The minimum absolute atomic E-state index is 0.318. The Kier molecular flexibility index (Phi) is 3.09. The second kappa shape index (κ2) is 4.33. The van der Waals surface area contributed by atoms with Crippen molar-refractivity contribution in [3.63, 3.8) is 0 Å². The van der Waals surface area contributed by atoms with E-state index >= 15 is 0 Å². The molecular formula is C12H21NO. The maximum absolute atomic E-state index is 11.5. The van der Waals surface area contributed by atoms with Crippen LogP contribution in [0.15, 0.2) is 0 Å². The van der Waals surface area contributed by atoms with Crippen molar-refractivity contribution in [2.75, 3.05) is 0 Å². The van der Waals surface area contributed by atoms with Gasteiger partial charge in [0.05, 0.1) is 0 Å². The normalized spacial score (nSPS) is 28.2. The zero-order chi connectivity index (χ0) is 9.97. The van der Waals surface area contributed by atoms with Crippen molar-refractivity contribution in [3.8, 4) is 0 Å². The predicted octanol–water partition coefficient (Wildman–Crippen LogP) is 2.72. The molecule has 1 unspecified atom stereocenters. The molecule has 0 aromatic rings. The van der Waals surface area contributed by atoms with Gasteiger partial charge >= 0.3 is 0 Å². The van der Waals surface area contributed by atoms with Gasteiger partial charge in [0.15, 0.2) is 0 Å². The van der Waals surface area contributed by atoms with Crippen molar-refractivity contribution in [2.45, 2.75) is 70.4 Å². The van der Waals surface area contributed by atoms with Crippen LogP contribution >= 0.6 is 0 Å². The van der Waals surface area contributed by atoms with Crippen LogP contribution in [0, 0.1) is 0 Å². The summed E-state index contributed by atoms with van der Waals surface area (Å²) in [6, 6.07) is 0.927. The average molecular weight is 195 g/mol. The molecular weight excluding hydrogens is 174 g/mol. The summed E-state index contributed by atoms with van der Waals surface area (Å²) in [7, 11) is 0. The lowest BCUT2D eigenvalue weighted by molar-refractivity contribution is -0.114. The SMILES string of the molecule is CCCCC1C(=O)N1C1CCCCC1. The fourth-order valence-corrected chi connectivity index (χ4v) is 2.69. The van der Waals surface area contributed by atoms with Crippen molar-refractivity contribution in [1.29, 1.82) is 0 Å². The molecule has 2 heteroatoms. The summed E-state index contributed by atoms with van der Waals surface area (Å²) < 4.78 is 0. The van der Waals surface area contributed by atoms with Crippen LogP contribution in [0.2, 0.25) is 0 Å². The van der Waals surface area contributed by atoms with E-state index in [0.29, 0.717) is 18.0 Å². The number of rotatable bonds is 4. The molecule has 1 aliphatic heterocycles. The summed E-state index contributed by atoms with van der Waals surface area (Å²) in [6.45, 7) is 2.19. The standard InChI is InChI=1S/C12H21NO/c1-2-3-9-11-12(14)13(11)10-7-5-4-6-8-10/h10-11H,2-9H2,1H3. The monoisotopic (exact) mass is 195 g/mol. The van der Waals surface area contributed by atoms with Crippen LogP contribution in [-0.4, -0.2) is 22.9 Å². The first kappa shape index (κ1) is 10.0. The fourth-order valence-electron chi connectivity index (χ4n) is 2.69. The van der Waals surface area contributed by atoms with E-state index in [1.807, 2.05) is 0 Å². The van der Waals surface area contributed by atoms with Gasteiger partial charge in [-0.3, -0.25) is 4.79 Å². The van der Waals surface area contributed by atoms with E-state index in [0.717, 1.165) is 6.42 Å². The number of carbonyl (C=O) groups excluding carboxylic acids is 1. The van der Waals surface area contributed by atoms with Crippen LogP contribution in [0.5, 0.6) is 0 Å². The highest BCUT2D eigenvalue weighted by Crippen LogP contribution is 2.34. The summed E-state index contributed by atoms with van der Waals surface area (Å²) in [5.41, 5.74) is 0. The third kappa shape index (κ3) is 1.94. The van der Waals surface area contributed by atoms with E-state index < -0.39 is 0 Å². The summed E-state index contributed by atoms with van der Waals surface area (Å²) in [6.07, 6.45) is 10.1. The van der Waals surface area contributed by atoms with Gasteiger partial charge in [-0.15, -0.1) is 0 Å². The number of carbonyl (C=O) groups is 1. The molecule has 0 radical (unpaired) electrons. The van der Waals surface area contributed by atoms with Crippen molar-refractivity contribution >= 4 is 5.91 Å². The van der Waals surface area contributed by atoms with Crippen molar-refractivity contribution in [2.24, 2.45) is 0 Å². The number of unbranched alkanes of at least 4 members (excludes halogenated alkanes) is 1. The van der Waals surface area contributed by atoms with Gasteiger partial charge < -0.3 is 4.90 Å². The Morgan fingerprint density at radius 3 is 2.64 bits per heavy atom. The van der Waals surface area contributed by atoms with Crippen LogP contribution < -0.4 is 0 Å². The average Bonchev–Trinajstić information content (AvgIpc) is 2.87. The molecule has 14 heavy (non-hydrogen) atoms. The minimum Gasteiger partial charge on any atom is -0.326 e. The van der Waals surface area contributed by atoms with Gasteiger partial charge in [0.1, 0.15) is 6.04 Å². The Labute approximate surface area is 86.7 Å². The summed E-state index contributed by atoms with van der Waals surface area (Å²) in [5, 5.41) is 0. The van der Waals surface area contributed by atoms with E-state index in [2.05, 4.69) is 11.8 Å². The van der Waals surface area contributed by atoms with Gasteiger partial charge in [-0.05, 0) is 19.3 Å². The van der Waals surface area contributed by atoms with Gasteiger partial charge in [-0.1, -0.05) is 39.0 Å². The fraction of sp³-hybridized carbons (Fsp3) is 0.917. The largest absolute Gasteiger partial charge is 0.326 e. The van der Waals surface area contributed by atoms with E-state index in [4.69, 9.17) is 0 Å². The van der Waals surface area contributed by atoms with Crippen molar-refractivity contribution in [3.05, 3.63) is 0 Å². The minimum atomic E-state index is 0.318. The lowest BCUT2D eigenvalue weighted by atomic mass is 9.95. The molecule has 2 fully saturated rings. The van der Waals surface area contributed by atoms with Crippen molar-refractivity contribution < 1.29 is 4.79 Å². The number of hydrogen-bond acceptors (Lipinski definition) is 1. The number of nitrogens with zero attached hydrogens (tertiary/aromatic N) is 1. The Bertz CT molecular complexity index is 208. The molecule has 1 heterocycles. The van der Waals surface area contributed by atoms with Crippen molar-refractivity contribution in [1.82, 2.24) is 4.90 Å². The molecule has 0 aromatic carbocycles. The van der Waals surface area contributed by atoms with Gasteiger partial charge in [0.2, 0.25) is 5.91 Å². The van der Waals surface area contributed by atoms with Crippen LogP contribution in [0.1, 0.15) is 58.3 Å². The lowest BCUT2D eigenvalue weighted by Crippen LogP contribution is -2.23. The summed E-state index contributed by atoms with van der Waals surface area (Å²) in [5.74, 6) is 0.436. The van der Waals surface area contributed by atoms with E-state index in [-0.39, 0.29) is 0 Å². The quantitative estimate of drug-likeness (QED) is 0.631. The molecule has 80 valence electrons. The first-order valence-corrected chi connectivity index (χ1v) is 6.16. The molecule has 1 aliphatic carbocycles. The molecule has 2 nitrogen and oxygen atoms in total. The van der Waals surface area contributed by atoms with Crippen LogP contribution in [-0.2, 0) is 4.79 Å². The van der Waals surface area contributed by atoms with E-state index in [1.54, 1.807) is 0 Å². The van der Waals surface area contributed by atoms with E-state index in [1.165, 1.54) is 44.9 Å². The van der Waals surface area contributed by atoms with Gasteiger partial charge in [0, 0.05) is 6.04 Å². The predicted molar refractivity (Wildman–Crippen MR) is 57.0 cm³/mol. The highest BCUT2D eigenvalue weighted by atomic mass is 16.2. The molecule has 0 aromatic heterocycles. The topological polar surface area (TPSA) is 20.1 Å². The summed E-state index contributed by atoms with van der Waals surface area (Å²) in [4.78, 5) is 13.7. The molecule has 1 saturated heterocycles. The van der Waals surface area contributed by atoms with Gasteiger partial charge in [0.25, 0.3) is 0 Å². The second-order valence-corrected chi connectivity index (χ2v) is 4.70. The maximum atomic E-state index is 11.5. The number of hydrogen-bond donors (Lipinski definition) is 0. The molecule has 2 aliphatic rings. The molecule has 1 saturated carbocycles. The highest BCUT2D eigenvalue weighted by Gasteiger charge is 2.48.